The number of nitrogens with one attached hydrogen (secondary N) is 2. The van der Waals surface area contributed by atoms with Crippen molar-refractivity contribution in [1.82, 2.24) is 20.1 Å². The normalized spacial score (nSPS) is 12.0. The average molecular weight is 326 g/mol. The number of furan rings is 1. The van der Waals surface area contributed by atoms with Gasteiger partial charge in [-0.15, -0.1) is 0 Å². The highest BCUT2D eigenvalue weighted by atomic mass is 16.3. The van der Waals surface area contributed by atoms with E-state index in [1.807, 2.05) is 23.9 Å². The molecular formula is C17H18N4O3. The van der Waals surface area contributed by atoms with Gasteiger partial charge in [-0.3, -0.25) is 14.3 Å². The number of carbonyl (C=O) groups is 1. The summed E-state index contributed by atoms with van der Waals surface area (Å²) in [5, 5.41) is 6.91. The van der Waals surface area contributed by atoms with Crippen molar-refractivity contribution < 1.29 is 9.21 Å². The van der Waals surface area contributed by atoms with Crippen LogP contribution in [0.5, 0.6) is 0 Å². The Labute approximate surface area is 138 Å². The summed E-state index contributed by atoms with van der Waals surface area (Å²) in [4.78, 5) is 27.0. The minimum absolute atomic E-state index is 0.0802. The second kappa shape index (κ2) is 6.99. The van der Waals surface area contributed by atoms with Crippen LogP contribution in [-0.4, -0.2) is 27.2 Å². The third-order valence-electron chi connectivity index (χ3n) is 3.61. The Kier molecular flexibility index (Phi) is 4.60. The molecule has 0 spiro atoms. The van der Waals surface area contributed by atoms with Crippen molar-refractivity contribution in [3.8, 4) is 11.5 Å². The Bertz CT molecular complexity index is 850. The highest BCUT2D eigenvalue weighted by Gasteiger charge is 2.13. The van der Waals surface area contributed by atoms with Crippen LogP contribution in [0, 0.1) is 5.92 Å². The number of pyridine rings is 1. The monoisotopic (exact) mass is 326 g/mol. The maximum atomic E-state index is 12.2. The van der Waals surface area contributed by atoms with E-state index in [0.29, 0.717) is 24.5 Å². The van der Waals surface area contributed by atoms with Crippen molar-refractivity contribution in [2.45, 2.75) is 13.5 Å². The number of aromatic amines is 1. The Balaban J connectivity index is 1.61. The molecule has 7 heteroatoms. The Morgan fingerprint density at radius 3 is 2.92 bits per heavy atom. The van der Waals surface area contributed by atoms with Crippen LogP contribution in [0.1, 0.15) is 17.3 Å². The quantitative estimate of drug-likeness (QED) is 0.723. The zero-order valence-corrected chi connectivity index (χ0v) is 13.2. The van der Waals surface area contributed by atoms with Crippen LogP contribution in [0.3, 0.4) is 0 Å². The van der Waals surface area contributed by atoms with E-state index in [9.17, 15) is 9.59 Å². The van der Waals surface area contributed by atoms with Crippen LogP contribution in [-0.2, 0) is 6.54 Å². The minimum Gasteiger partial charge on any atom is -0.463 e. The van der Waals surface area contributed by atoms with Gasteiger partial charge < -0.3 is 14.7 Å². The summed E-state index contributed by atoms with van der Waals surface area (Å²) in [5.74, 6) is 0.344. The summed E-state index contributed by atoms with van der Waals surface area (Å²) >= 11 is 0. The molecule has 1 atom stereocenters. The highest BCUT2D eigenvalue weighted by molar-refractivity contribution is 5.94. The predicted octanol–water partition coefficient (Wildman–Crippen LogP) is 1.90. The minimum atomic E-state index is -0.443. The molecule has 0 radical (unpaired) electrons. The second-order valence-electron chi connectivity index (χ2n) is 5.64. The first kappa shape index (κ1) is 15.8. The maximum Gasteiger partial charge on any atom is 0.261 e. The van der Waals surface area contributed by atoms with Crippen molar-refractivity contribution in [3.63, 3.8) is 0 Å². The molecule has 2 N–H and O–H groups in total. The molecular weight excluding hydrogens is 308 g/mol. The largest absolute Gasteiger partial charge is 0.463 e. The van der Waals surface area contributed by atoms with Gasteiger partial charge in [0.2, 0.25) is 0 Å². The van der Waals surface area contributed by atoms with E-state index in [0.717, 1.165) is 0 Å². The second-order valence-corrected chi connectivity index (χ2v) is 5.64. The zero-order chi connectivity index (χ0) is 16.9. The first-order valence-corrected chi connectivity index (χ1v) is 7.66. The van der Waals surface area contributed by atoms with Gasteiger partial charge in [-0.2, -0.15) is 5.10 Å². The molecule has 0 fully saturated rings. The molecule has 0 aliphatic heterocycles. The highest BCUT2D eigenvalue weighted by Crippen LogP contribution is 2.15. The molecule has 0 aliphatic rings. The summed E-state index contributed by atoms with van der Waals surface area (Å²) in [5.41, 5.74) is 0.173. The fourth-order valence-corrected chi connectivity index (χ4v) is 2.38. The lowest BCUT2D eigenvalue weighted by atomic mass is 10.1. The van der Waals surface area contributed by atoms with Crippen LogP contribution in [0.15, 0.2) is 58.2 Å². The molecule has 3 heterocycles. The summed E-state index contributed by atoms with van der Waals surface area (Å²) in [6, 6.07) is 8.48. The van der Waals surface area contributed by atoms with E-state index in [-0.39, 0.29) is 11.5 Å². The van der Waals surface area contributed by atoms with Crippen LogP contribution in [0.25, 0.3) is 11.5 Å². The summed E-state index contributed by atoms with van der Waals surface area (Å²) in [7, 11) is 0. The summed E-state index contributed by atoms with van der Waals surface area (Å²) in [6.45, 7) is 3.16. The van der Waals surface area contributed by atoms with Crippen LogP contribution < -0.4 is 10.9 Å². The Morgan fingerprint density at radius 2 is 2.25 bits per heavy atom. The van der Waals surface area contributed by atoms with E-state index in [4.69, 9.17) is 4.42 Å². The van der Waals surface area contributed by atoms with Crippen molar-refractivity contribution in [2.75, 3.05) is 6.54 Å². The van der Waals surface area contributed by atoms with Gasteiger partial charge in [0.15, 0.2) is 0 Å². The third kappa shape index (κ3) is 3.62. The zero-order valence-electron chi connectivity index (χ0n) is 13.2. The molecule has 0 aliphatic carbocycles. The van der Waals surface area contributed by atoms with Gasteiger partial charge in [-0.05, 0) is 36.2 Å². The first-order valence-electron chi connectivity index (χ1n) is 7.66. The van der Waals surface area contributed by atoms with Gasteiger partial charge >= 0.3 is 0 Å². The van der Waals surface area contributed by atoms with Gasteiger partial charge in [0, 0.05) is 25.5 Å². The molecule has 3 aromatic rings. The third-order valence-corrected chi connectivity index (χ3v) is 3.61. The lowest BCUT2D eigenvalue weighted by Crippen LogP contribution is -2.33. The molecule has 0 saturated carbocycles. The molecule has 0 saturated heterocycles. The molecule has 1 amide bonds. The SMILES string of the molecule is C[C@@H](CNC(=O)c1ccc(-c2ccco2)[nH]c1=O)Cn1cccn1. The molecule has 7 nitrogen and oxygen atoms in total. The predicted molar refractivity (Wildman–Crippen MR) is 88.5 cm³/mol. The summed E-state index contributed by atoms with van der Waals surface area (Å²) < 4.78 is 7.03. The molecule has 3 aromatic heterocycles. The van der Waals surface area contributed by atoms with Crippen LogP contribution in [0.2, 0.25) is 0 Å². The van der Waals surface area contributed by atoms with Gasteiger partial charge in [-0.1, -0.05) is 6.92 Å². The van der Waals surface area contributed by atoms with Crippen LogP contribution >= 0.6 is 0 Å². The van der Waals surface area contributed by atoms with E-state index in [2.05, 4.69) is 15.4 Å². The van der Waals surface area contributed by atoms with Gasteiger partial charge in [0.05, 0.1) is 12.0 Å². The van der Waals surface area contributed by atoms with Gasteiger partial charge in [-0.25, -0.2) is 0 Å². The van der Waals surface area contributed by atoms with Crippen molar-refractivity contribution in [2.24, 2.45) is 5.92 Å². The smallest absolute Gasteiger partial charge is 0.261 e. The first-order chi connectivity index (χ1) is 11.6. The molecule has 0 unspecified atom stereocenters. The number of hydrogen-bond acceptors (Lipinski definition) is 4. The fourth-order valence-electron chi connectivity index (χ4n) is 2.38. The van der Waals surface area contributed by atoms with Gasteiger partial charge in [0.1, 0.15) is 11.3 Å². The summed E-state index contributed by atoms with van der Waals surface area (Å²) in [6.07, 6.45) is 5.11. The molecule has 0 aromatic carbocycles. The average Bonchev–Trinajstić information content (AvgIpc) is 3.26. The number of amides is 1. The van der Waals surface area contributed by atoms with E-state index in [1.54, 1.807) is 24.4 Å². The lowest BCUT2D eigenvalue weighted by Gasteiger charge is -2.12. The standard InChI is InChI=1S/C17H18N4O3/c1-12(11-21-8-3-7-19-21)10-18-16(22)13-5-6-14(20-17(13)23)15-4-2-9-24-15/h2-9,12H,10-11H2,1H3,(H,18,22)(H,20,23)/t12-/m0/s1. The number of H-pyrrole nitrogens is 1. The van der Waals surface area contributed by atoms with Crippen molar-refractivity contribution in [3.05, 3.63) is 64.9 Å². The van der Waals surface area contributed by atoms with Crippen molar-refractivity contribution >= 4 is 5.91 Å². The lowest BCUT2D eigenvalue weighted by molar-refractivity contribution is 0.0945. The number of rotatable bonds is 6. The fraction of sp³-hybridized carbons (Fsp3) is 0.235. The number of nitrogens with zero attached hydrogens (tertiary/aromatic N) is 2. The van der Waals surface area contributed by atoms with Crippen LogP contribution in [0.4, 0.5) is 0 Å². The van der Waals surface area contributed by atoms with Gasteiger partial charge in [0.25, 0.3) is 11.5 Å². The Morgan fingerprint density at radius 1 is 1.38 bits per heavy atom. The number of carbonyl (C=O) groups excluding carboxylic acids is 1. The number of aromatic nitrogens is 3. The maximum absolute atomic E-state index is 12.2. The molecule has 3 rings (SSSR count). The number of hydrogen-bond donors (Lipinski definition) is 2. The van der Waals surface area contributed by atoms with Crippen molar-refractivity contribution in [1.29, 1.82) is 0 Å². The van der Waals surface area contributed by atoms with E-state index >= 15 is 0 Å². The molecule has 24 heavy (non-hydrogen) atoms. The van der Waals surface area contributed by atoms with E-state index < -0.39 is 11.5 Å². The molecule has 124 valence electrons. The Hall–Kier alpha value is -3.09. The topological polar surface area (TPSA) is 92.9 Å². The molecule has 0 bridgehead atoms. The van der Waals surface area contributed by atoms with E-state index in [1.165, 1.54) is 12.3 Å².